The summed E-state index contributed by atoms with van der Waals surface area (Å²) in [5, 5.41) is 2.68. The molecule has 1 amide bonds. The van der Waals surface area contributed by atoms with Gasteiger partial charge in [-0.1, -0.05) is 12.1 Å². The number of hydrogen-bond acceptors (Lipinski definition) is 6. The van der Waals surface area contributed by atoms with Crippen LogP contribution in [0.25, 0.3) is 0 Å². The summed E-state index contributed by atoms with van der Waals surface area (Å²) < 4.78 is 36.0. The number of esters is 1. The minimum Gasteiger partial charge on any atom is -0.494 e. The fourth-order valence-electron chi connectivity index (χ4n) is 2.71. The molecule has 0 aliphatic rings. The Morgan fingerprint density at radius 1 is 1.07 bits per heavy atom. The number of benzene rings is 2. The van der Waals surface area contributed by atoms with E-state index in [9.17, 15) is 18.0 Å². The summed E-state index contributed by atoms with van der Waals surface area (Å²) in [6.45, 7) is 5.52. The highest BCUT2D eigenvalue weighted by atomic mass is 32.2. The summed E-state index contributed by atoms with van der Waals surface area (Å²) in [6, 6.07) is 11.3. The number of ether oxygens (including phenoxy) is 2. The summed E-state index contributed by atoms with van der Waals surface area (Å²) in [4.78, 5) is 24.6. The van der Waals surface area contributed by atoms with Crippen molar-refractivity contribution in [2.75, 3.05) is 35.6 Å². The minimum absolute atomic E-state index is 0.235. The number of amides is 1. The molecular formula is C21H26N2O6S. The molecule has 162 valence electrons. The van der Waals surface area contributed by atoms with Crippen LogP contribution in [0.5, 0.6) is 5.75 Å². The van der Waals surface area contributed by atoms with Crippen LogP contribution < -0.4 is 14.4 Å². The molecule has 2 aromatic rings. The van der Waals surface area contributed by atoms with E-state index in [1.165, 1.54) is 6.07 Å². The first kappa shape index (κ1) is 23.2. The molecule has 9 heteroatoms. The van der Waals surface area contributed by atoms with Crippen molar-refractivity contribution >= 4 is 33.3 Å². The monoisotopic (exact) mass is 434 g/mol. The van der Waals surface area contributed by atoms with Crippen molar-refractivity contribution < 1.29 is 27.5 Å². The van der Waals surface area contributed by atoms with E-state index in [1.54, 1.807) is 50.2 Å². The first-order chi connectivity index (χ1) is 14.2. The zero-order valence-electron chi connectivity index (χ0n) is 17.5. The van der Waals surface area contributed by atoms with E-state index in [0.717, 1.165) is 16.1 Å². The van der Waals surface area contributed by atoms with Crippen molar-refractivity contribution in [1.82, 2.24) is 0 Å². The molecule has 0 aromatic heterocycles. The van der Waals surface area contributed by atoms with E-state index in [2.05, 4.69) is 5.32 Å². The third-order valence-electron chi connectivity index (χ3n) is 4.13. The molecule has 0 heterocycles. The molecule has 0 bridgehead atoms. The summed E-state index contributed by atoms with van der Waals surface area (Å²) in [5.41, 5.74) is 1.74. The number of rotatable bonds is 9. The van der Waals surface area contributed by atoms with Gasteiger partial charge in [0.05, 0.1) is 30.7 Å². The summed E-state index contributed by atoms with van der Waals surface area (Å²) >= 11 is 0. The van der Waals surface area contributed by atoms with Gasteiger partial charge in [0.25, 0.3) is 0 Å². The van der Waals surface area contributed by atoms with Crippen molar-refractivity contribution in [3.05, 3.63) is 53.6 Å². The Bertz CT molecular complexity index is 1020. The van der Waals surface area contributed by atoms with Gasteiger partial charge >= 0.3 is 5.97 Å². The number of nitrogens with one attached hydrogen (secondary N) is 1. The molecule has 0 aliphatic carbocycles. The highest BCUT2D eigenvalue weighted by Crippen LogP contribution is 2.24. The molecule has 2 rings (SSSR count). The van der Waals surface area contributed by atoms with Crippen molar-refractivity contribution in [2.45, 2.75) is 20.8 Å². The maximum atomic E-state index is 12.6. The average molecular weight is 435 g/mol. The van der Waals surface area contributed by atoms with Crippen LogP contribution >= 0.6 is 0 Å². The van der Waals surface area contributed by atoms with Crippen LogP contribution in [0, 0.1) is 6.92 Å². The van der Waals surface area contributed by atoms with Gasteiger partial charge in [0.2, 0.25) is 15.9 Å². The maximum Gasteiger partial charge on any atom is 0.338 e. The van der Waals surface area contributed by atoms with Crippen LogP contribution in [0.15, 0.2) is 42.5 Å². The predicted octanol–water partition coefficient (Wildman–Crippen LogP) is 2.98. The molecule has 0 saturated heterocycles. The highest BCUT2D eigenvalue weighted by Gasteiger charge is 2.22. The normalized spacial score (nSPS) is 10.9. The molecular weight excluding hydrogens is 408 g/mol. The van der Waals surface area contributed by atoms with Crippen molar-refractivity contribution in [2.24, 2.45) is 0 Å². The van der Waals surface area contributed by atoms with Gasteiger partial charge in [-0.3, -0.25) is 9.10 Å². The first-order valence-corrected chi connectivity index (χ1v) is 11.3. The lowest BCUT2D eigenvalue weighted by molar-refractivity contribution is -0.114. The molecule has 0 saturated carbocycles. The zero-order valence-corrected chi connectivity index (χ0v) is 18.3. The van der Waals surface area contributed by atoms with E-state index in [1.807, 2.05) is 6.92 Å². The number of aryl methyl sites for hydroxylation is 1. The second-order valence-corrected chi connectivity index (χ2v) is 8.41. The lowest BCUT2D eigenvalue weighted by atomic mass is 10.1. The fraction of sp³-hybridized carbons (Fsp3) is 0.333. The van der Waals surface area contributed by atoms with Gasteiger partial charge in [0, 0.05) is 11.8 Å². The van der Waals surface area contributed by atoms with E-state index in [-0.39, 0.29) is 6.61 Å². The standard InChI is InChI=1S/C21H26N2O6S/c1-5-28-18-9-7-8-17(13-18)23(30(4,26)27)14-20(24)22-19-12-16(11-10-15(19)3)21(25)29-6-2/h7-13H,5-6,14H2,1-4H3,(H,22,24). The first-order valence-electron chi connectivity index (χ1n) is 9.44. The van der Waals surface area contributed by atoms with Gasteiger partial charge in [-0.05, 0) is 50.6 Å². The second-order valence-electron chi connectivity index (χ2n) is 6.50. The third-order valence-corrected chi connectivity index (χ3v) is 5.27. The van der Waals surface area contributed by atoms with Crippen LogP contribution in [-0.4, -0.2) is 46.3 Å². The zero-order chi connectivity index (χ0) is 22.3. The Labute approximate surface area is 176 Å². The molecule has 0 atom stereocenters. The number of anilines is 2. The quantitative estimate of drug-likeness (QED) is 0.609. The number of carbonyl (C=O) groups is 2. The number of hydrogen-bond donors (Lipinski definition) is 1. The Morgan fingerprint density at radius 3 is 2.43 bits per heavy atom. The Hall–Kier alpha value is -3.07. The van der Waals surface area contributed by atoms with Crippen LogP contribution in [0.4, 0.5) is 11.4 Å². The fourth-order valence-corrected chi connectivity index (χ4v) is 3.56. The second kappa shape index (κ2) is 10.1. The van der Waals surface area contributed by atoms with E-state index >= 15 is 0 Å². The molecule has 0 radical (unpaired) electrons. The largest absolute Gasteiger partial charge is 0.494 e. The molecule has 0 fully saturated rings. The lowest BCUT2D eigenvalue weighted by Gasteiger charge is -2.22. The van der Waals surface area contributed by atoms with Gasteiger partial charge in [0.15, 0.2) is 0 Å². The Kier molecular flexibility index (Phi) is 7.82. The van der Waals surface area contributed by atoms with Crippen molar-refractivity contribution in [1.29, 1.82) is 0 Å². The average Bonchev–Trinajstić information content (AvgIpc) is 2.67. The molecule has 0 unspecified atom stereocenters. The van der Waals surface area contributed by atoms with Gasteiger partial charge in [-0.15, -0.1) is 0 Å². The molecule has 0 aliphatic heterocycles. The molecule has 30 heavy (non-hydrogen) atoms. The van der Waals surface area contributed by atoms with E-state index in [0.29, 0.717) is 29.3 Å². The minimum atomic E-state index is -3.73. The Morgan fingerprint density at radius 2 is 1.80 bits per heavy atom. The number of sulfonamides is 1. The molecule has 8 nitrogen and oxygen atoms in total. The molecule has 0 spiro atoms. The summed E-state index contributed by atoms with van der Waals surface area (Å²) in [7, 11) is -3.73. The van der Waals surface area contributed by atoms with E-state index in [4.69, 9.17) is 9.47 Å². The van der Waals surface area contributed by atoms with Crippen LogP contribution in [0.1, 0.15) is 29.8 Å². The van der Waals surface area contributed by atoms with Gasteiger partial charge in [-0.2, -0.15) is 0 Å². The summed E-state index contributed by atoms with van der Waals surface area (Å²) in [5.74, 6) is -0.549. The van der Waals surface area contributed by atoms with Crippen molar-refractivity contribution in [3.63, 3.8) is 0 Å². The predicted molar refractivity (Wildman–Crippen MR) is 116 cm³/mol. The molecule has 1 N–H and O–H groups in total. The number of nitrogens with zero attached hydrogens (tertiary/aromatic N) is 1. The maximum absolute atomic E-state index is 12.6. The molecule has 2 aromatic carbocycles. The topological polar surface area (TPSA) is 102 Å². The van der Waals surface area contributed by atoms with Crippen LogP contribution in [0.2, 0.25) is 0 Å². The lowest BCUT2D eigenvalue weighted by Crippen LogP contribution is -2.37. The highest BCUT2D eigenvalue weighted by molar-refractivity contribution is 7.92. The smallest absolute Gasteiger partial charge is 0.338 e. The van der Waals surface area contributed by atoms with Gasteiger partial charge in [0.1, 0.15) is 12.3 Å². The Balaban J connectivity index is 2.24. The van der Waals surface area contributed by atoms with Gasteiger partial charge < -0.3 is 14.8 Å². The van der Waals surface area contributed by atoms with Crippen molar-refractivity contribution in [3.8, 4) is 5.75 Å². The van der Waals surface area contributed by atoms with Gasteiger partial charge in [-0.25, -0.2) is 13.2 Å². The van der Waals surface area contributed by atoms with Crippen LogP contribution in [-0.2, 0) is 19.6 Å². The SMILES string of the molecule is CCOC(=O)c1ccc(C)c(NC(=O)CN(c2cccc(OCC)c2)S(C)(=O)=O)c1. The summed E-state index contributed by atoms with van der Waals surface area (Å²) in [6.07, 6.45) is 1.03. The van der Waals surface area contributed by atoms with Crippen LogP contribution in [0.3, 0.4) is 0 Å². The third kappa shape index (κ3) is 6.21. The van der Waals surface area contributed by atoms with E-state index < -0.39 is 28.4 Å². The number of carbonyl (C=O) groups excluding carboxylic acids is 2.